The van der Waals surface area contributed by atoms with Gasteiger partial charge in [0, 0.05) is 12.1 Å². The van der Waals surface area contributed by atoms with Gasteiger partial charge in [-0.2, -0.15) is 5.10 Å². The Morgan fingerprint density at radius 3 is 2.80 bits per heavy atom. The molecule has 7 nitrogen and oxygen atoms in total. The van der Waals surface area contributed by atoms with Crippen molar-refractivity contribution in [2.24, 2.45) is 0 Å². The number of aromatic nitrogens is 2. The zero-order valence-corrected chi connectivity index (χ0v) is 14.1. The van der Waals surface area contributed by atoms with Crippen molar-refractivity contribution < 1.29 is 19.0 Å². The van der Waals surface area contributed by atoms with Crippen LogP contribution in [0, 0.1) is 6.92 Å². The Labute approximate surface area is 145 Å². The zero-order valence-electron chi connectivity index (χ0n) is 14.1. The minimum absolute atomic E-state index is 0.0878. The van der Waals surface area contributed by atoms with Crippen molar-refractivity contribution in [3.05, 3.63) is 35.7 Å². The van der Waals surface area contributed by atoms with E-state index in [1.807, 2.05) is 25.1 Å². The maximum atomic E-state index is 12.2. The van der Waals surface area contributed by atoms with Crippen LogP contribution >= 0.6 is 0 Å². The third kappa shape index (κ3) is 3.40. The second kappa shape index (κ2) is 6.66. The minimum atomic E-state index is -0.0878. The monoisotopic (exact) mass is 343 g/mol. The number of H-pyrrole nitrogens is 1. The molecule has 1 saturated carbocycles. The molecule has 1 fully saturated rings. The van der Waals surface area contributed by atoms with Gasteiger partial charge in [-0.15, -0.1) is 0 Å². The van der Waals surface area contributed by atoms with Crippen LogP contribution in [0.3, 0.4) is 0 Å². The predicted molar refractivity (Wildman–Crippen MR) is 90.0 cm³/mol. The van der Waals surface area contributed by atoms with Crippen LogP contribution in [-0.2, 0) is 0 Å². The molecule has 2 heterocycles. The number of benzene rings is 1. The highest BCUT2D eigenvalue weighted by molar-refractivity contribution is 5.93. The molecular formula is C18H21N3O4. The van der Waals surface area contributed by atoms with Crippen molar-refractivity contribution in [1.29, 1.82) is 0 Å². The average Bonchev–Trinajstić information content (AvgIpc) is 3.25. The van der Waals surface area contributed by atoms with Gasteiger partial charge >= 0.3 is 0 Å². The summed E-state index contributed by atoms with van der Waals surface area (Å²) >= 11 is 0. The largest absolute Gasteiger partial charge is 0.490 e. The first-order valence-electron chi connectivity index (χ1n) is 8.56. The van der Waals surface area contributed by atoms with Crippen molar-refractivity contribution in [2.45, 2.75) is 44.8 Å². The lowest BCUT2D eigenvalue weighted by atomic mass is 9.92. The van der Waals surface area contributed by atoms with E-state index in [-0.39, 0.29) is 24.8 Å². The number of carbonyl (C=O) groups is 1. The second-order valence-electron chi connectivity index (χ2n) is 6.51. The Bertz CT molecular complexity index is 765. The van der Waals surface area contributed by atoms with Crippen LogP contribution in [0.1, 0.15) is 41.7 Å². The first-order valence-corrected chi connectivity index (χ1v) is 8.56. The van der Waals surface area contributed by atoms with Gasteiger partial charge < -0.3 is 19.5 Å². The Morgan fingerprint density at radius 2 is 2.04 bits per heavy atom. The summed E-state index contributed by atoms with van der Waals surface area (Å²) in [6.45, 7) is 2.13. The molecule has 0 unspecified atom stereocenters. The zero-order chi connectivity index (χ0) is 17.2. The summed E-state index contributed by atoms with van der Waals surface area (Å²) in [6.07, 6.45) is 5.41. The van der Waals surface area contributed by atoms with Crippen LogP contribution in [0.25, 0.3) is 0 Å². The number of hydrogen-bond donors (Lipinski definition) is 2. The molecule has 2 aromatic rings. The maximum Gasteiger partial charge on any atom is 0.269 e. The number of aryl methyl sites for hydroxylation is 1. The summed E-state index contributed by atoms with van der Waals surface area (Å²) in [7, 11) is 0. The van der Waals surface area contributed by atoms with Crippen molar-refractivity contribution in [3.63, 3.8) is 0 Å². The molecule has 1 aromatic carbocycles. The van der Waals surface area contributed by atoms with Gasteiger partial charge in [0.2, 0.25) is 6.79 Å². The van der Waals surface area contributed by atoms with Crippen molar-refractivity contribution in [3.8, 4) is 17.2 Å². The lowest BCUT2D eigenvalue weighted by Gasteiger charge is -2.29. The summed E-state index contributed by atoms with van der Waals surface area (Å²) in [5, 5.41) is 9.72. The number of fused-ring (bicyclic) bond motifs is 1. The third-order valence-corrected chi connectivity index (χ3v) is 4.71. The van der Waals surface area contributed by atoms with Gasteiger partial charge in [0.25, 0.3) is 5.91 Å². The van der Waals surface area contributed by atoms with Crippen molar-refractivity contribution in [2.75, 3.05) is 6.79 Å². The smallest absolute Gasteiger partial charge is 0.269 e. The summed E-state index contributed by atoms with van der Waals surface area (Å²) in [5.41, 5.74) is 1.40. The number of nitrogens with one attached hydrogen (secondary N) is 2. The molecule has 1 aliphatic heterocycles. The van der Waals surface area contributed by atoms with Crippen LogP contribution in [0.5, 0.6) is 17.2 Å². The molecule has 2 aliphatic rings. The topological polar surface area (TPSA) is 85.5 Å². The molecule has 0 atom stereocenters. The molecule has 0 bridgehead atoms. The van der Waals surface area contributed by atoms with Gasteiger partial charge in [0.15, 0.2) is 11.5 Å². The minimum Gasteiger partial charge on any atom is -0.490 e. The number of hydrogen-bond acceptors (Lipinski definition) is 5. The normalized spacial score (nSPS) is 21.8. The van der Waals surface area contributed by atoms with Gasteiger partial charge in [0.1, 0.15) is 11.4 Å². The van der Waals surface area contributed by atoms with Crippen LogP contribution in [0.4, 0.5) is 0 Å². The van der Waals surface area contributed by atoms with Gasteiger partial charge in [-0.3, -0.25) is 9.89 Å². The van der Waals surface area contributed by atoms with E-state index < -0.39 is 0 Å². The maximum absolute atomic E-state index is 12.2. The quantitative estimate of drug-likeness (QED) is 0.891. The highest BCUT2D eigenvalue weighted by Gasteiger charge is 2.25. The first kappa shape index (κ1) is 15.8. The van der Waals surface area contributed by atoms with Crippen LogP contribution in [-0.4, -0.2) is 35.0 Å². The molecule has 0 radical (unpaired) electrons. The number of aromatic amines is 1. The number of nitrogens with zero attached hydrogens (tertiary/aromatic N) is 1. The molecule has 1 aliphatic carbocycles. The number of rotatable bonds is 4. The Balaban J connectivity index is 1.28. The van der Waals surface area contributed by atoms with E-state index in [4.69, 9.17) is 14.2 Å². The highest BCUT2D eigenvalue weighted by atomic mass is 16.7. The second-order valence-corrected chi connectivity index (χ2v) is 6.51. The molecule has 1 aromatic heterocycles. The highest BCUT2D eigenvalue weighted by Crippen LogP contribution is 2.36. The van der Waals surface area contributed by atoms with E-state index in [0.717, 1.165) is 48.5 Å². The average molecular weight is 343 g/mol. The predicted octanol–water partition coefficient (Wildman–Crippen LogP) is 2.57. The fourth-order valence-corrected chi connectivity index (χ4v) is 3.30. The standard InChI is InChI=1S/C18H21N3O4/c1-11-9-19-21-17(11)18(22)20-12-2-4-13(5-3-12)25-14-6-7-15-16(8-14)24-10-23-15/h6-9,12-13H,2-5,10H2,1H3,(H,19,21)(H,20,22). The number of ether oxygens (including phenoxy) is 3. The van der Waals surface area contributed by atoms with E-state index in [1.54, 1.807) is 6.20 Å². The Kier molecular flexibility index (Phi) is 4.21. The van der Waals surface area contributed by atoms with Crippen molar-refractivity contribution >= 4 is 5.91 Å². The molecule has 132 valence electrons. The van der Waals surface area contributed by atoms with Gasteiger partial charge in [-0.05, 0) is 50.3 Å². The van der Waals surface area contributed by atoms with Crippen LogP contribution in [0.15, 0.2) is 24.4 Å². The Hall–Kier alpha value is -2.70. The number of carbonyl (C=O) groups excluding carboxylic acids is 1. The lowest BCUT2D eigenvalue weighted by molar-refractivity contribution is 0.0888. The molecule has 25 heavy (non-hydrogen) atoms. The Morgan fingerprint density at radius 1 is 1.24 bits per heavy atom. The molecule has 1 amide bonds. The van der Waals surface area contributed by atoms with E-state index in [1.165, 1.54) is 0 Å². The molecular weight excluding hydrogens is 322 g/mol. The summed E-state index contributed by atoms with van der Waals surface area (Å²) in [5.74, 6) is 2.20. The van der Waals surface area contributed by atoms with E-state index in [9.17, 15) is 4.79 Å². The number of amides is 1. The molecule has 4 rings (SSSR count). The van der Waals surface area contributed by atoms with Gasteiger partial charge in [-0.25, -0.2) is 0 Å². The summed E-state index contributed by atoms with van der Waals surface area (Å²) < 4.78 is 16.7. The fraction of sp³-hybridized carbons (Fsp3) is 0.444. The molecule has 0 spiro atoms. The van der Waals surface area contributed by atoms with E-state index >= 15 is 0 Å². The third-order valence-electron chi connectivity index (χ3n) is 4.71. The van der Waals surface area contributed by atoms with E-state index in [0.29, 0.717) is 5.69 Å². The molecule has 7 heteroatoms. The summed E-state index contributed by atoms with van der Waals surface area (Å²) in [4.78, 5) is 12.2. The summed E-state index contributed by atoms with van der Waals surface area (Å²) in [6, 6.07) is 5.82. The SMILES string of the molecule is Cc1cn[nH]c1C(=O)NC1CCC(Oc2ccc3c(c2)OCO3)CC1. The van der Waals surface area contributed by atoms with Gasteiger partial charge in [-0.1, -0.05) is 0 Å². The lowest BCUT2D eigenvalue weighted by Crippen LogP contribution is -2.40. The fourth-order valence-electron chi connectivity index (χ4n) is 3.30. The van der Waals surface area contributed by atoms with Crippen LogP contribution in [0.2, 0.25) is 0 Å². The van der Waals surface area contributed by atoms with Gasteiger partial charge in [0.05, 0.1) is 12.3 Å². The van der Waals surface area contributed by atoms with Crippen molar-refractivity contribution in [1.82, 2.24) is 15.5 Å². The molecule has 0 saturated heterocycles. The first-order chi connectivity index (χ1) is 12.2. The molecule has 2 N–H and O–H groups in total. The van der Waals surface area contributed by atoms with E-state index in [2.05, 4.69) is 15.5 Å². The van der Waals surface area contributed by atoms with Crippen LogP contribution < -0.4 is 19.5 Å².